The van der Waals surface area contributed by atoms with Crippen LogP contribution in [0.5, 0.6) is 0 Å². The van der Waals surface area contributed by atoms with Crippen molar-refractivity contribution in [3.8, 4) is 0 Å². The van der Waals surface area contributed by atoms with Crippen LogP contribution in [0.3, 0.4) is 0 Å². The number of carbonyl (C=O) groups is 2. The Kier molecular flexibility index (Phi) is 5.11. The third-order valence-electron chi connectivity index (χ3n) is 4.04. The zero-order chi connectivity index (χ0) is 18.8. The van der Waals surface area contributed by atoms with Crippen molar-refractivity contribution in [2.45, 2.75) is 6.42 Å². The predicted octanol–water partition coefficient (Wildman–Crippen LogP) is 3.89. The van der Waals surface area contributed by atoms with Gasteiger partial charge in [0.05, 0.1) is 26.6 Å². The highest BCUT2D eigenvalue weighted by Gasteiger charge is 2.35. The number of hydrogen-bond acceptors (Lipinski definition) is 4. The Bertz CT molecular complexity index is 903. The highest BCUT2D eigenvalue weighted by atomic mass is 35.5. The molecule has 1 N–H and O–H groups in total. The number of hydrogen-bond donors (Lipinski definition) is 1. The lowest BCUT2D eigenvalue weighted by Gasteiger charge is -2.16. The van der Waals surface area contributed by atoms with E-state index in [0.717, 1.165) is 0 Å². The second-order valence-electron chi connectivity index (χ2n) is 5.80. The lowest BCUT2D eigenvalue weighted by atomic mass is 10.1. The molecule has 0 aliphatic carbocycles. The molecule has 0 radical (unpaired) electrons. The summed E-state index contributed by atoms with van der Waals surface area (Å²) >= 11 is 11.8. The average molecular weight is 394 g/mol. The van der Waals surface area contributed by atoms with Gasteiger partial charge in [-0.3, -0.25) is 19.7 Å². The Morgan fingerprint density at radius 2 is 1.96 bits per heavy atom. The van der Waals surface area contributed by atoms with E-state index < -0.39 is 10.8 Å². The number of nitrogens with one attached hydrogen (secondary N) is 1. The van der Waals surface area contributed by atoms with Gasteiger partial charge < -0.3 is 10.2 Å². The first-order valence-corrected chi connectivity index (χ1v) is 8.41. The highest BCUT2D eigenvalue weighted by Crippen LogP contribution is 2.29. The first-order chi connectivity index (χ1) is 12.3. The van der Waals surface area contributed by atoms with Crippen LogP contribution in [0.1, 0.15) is 6.42 Å². The molecular formula is C17H13Cl2N3O4. The van der Waals surface area contributed by atoms with Gasteiger partial charge in [-0.1, -0.05) is 29.3 Å². The lowest BCUT2D eigenvalue weighted by Crippen LogP contribution is -2.28. The summed E-state index contributed by atoms with van der Waals surface area (Å²) in [5.74, 6) is -1.17. The Morgan fingerprint density at radius 3 is 2.65 bits per heavy atom. The molecule has 26 heavy (non-hydrogen) atoms. The number of benzene rings is 2. The van der Waals surface area contributed by atoms with Gasteiger partial charge in [0.25, 0.3) is 5.69 Å². The minimum absolute atomic E-state index is 0.0237. The summed E-state index contributed by atoms with van der Waals surface area (Å²) in [6.07, 6.45) is 0.0237. The van der Waals surface area contributed by atoms with Gasteiger partial charge in [0.1, 0.15) is 0 Å². The van der Waals surface area contributed by atoms with E-state index in [9.17, 15) is 19.7 Å². The Labute approximate surface area is 158 Å². The van der Waals surface area contributed by atoms with Crippen LogP contribution in [0, 0.1) is 16.0 Å². The first kappa shape index (κ1) is 18.2. The largest absolute Gasteiger partial charge is 0.326 e. The fraction of sp³-hybridized carbons (Fsp3) is 0.176. The molecule has 0 spiro atoms. The summed E-state index contributed by atoms with van der Waals surface area (Å²) < 4.78 is 0. The van der Waals surface area contributed by atoms with Crippen molar-refractivity contribution in [1.29, 1.82) is 0 Å². The molecule has 1 aliphatic rings. The maximum absolute atomic E-state index is 12.4. The second kappa shape index (κ2) is 7.31. The molecule has 1 atom stereocenters. The molecule has 2 amide bonds. The van der Waals surface area contributed by atoms with E-state index in [1.165, 1.54) is 29.2 Å². The van der Waals surface area contributed by atoms with Gasteiger partial charge in [0.15, 0.2) is 0 Å². The van der Waals surface area contributed by atoms with E-state index in [0.29, 0.717) is 21.4 Å². The van der Waals surface area contributed by atoms with Crippen LogP contribution in [-0.4, -0.2) is 23.3 Å². The number of nitro groups is 1. The highest BCUT2D eigenvalue weighted by molar-refractivity contribution is 6.42. The molecule has 1 heterocycles. The second-order valence-corrected chi connectivity index (χ2v) is 6.61. The third kappa shape index (κ3) is 3.79. The predicted molar refractivity (Wildman–Crippen MR) is 98.6 cm³/mol. The molecule has 1 aliphatic heterocycles. The molecule has 0 bridgehead atoms. The molecule has 2 aromatic carbocycles. The van der Waals surface area contributed by atoms with Gasteiger partial charge in [-0.2, -0.15) is 0 Å². The molecule has 3 rings (SSSR count). The standard InChI is InChI=1S/C17H13Cl2N3O4/c18-14-5-4-11(7-15(14)19)20-17(24)10-6-16(23)21(9-10)12-2-1-3-13(8-12)22(25)26/h1-5,7-8,10H,6,9H2,(H,20,24). The first-order valence-electron chi connectivity index (χ1n) is 7.66. The van der Waals surface area contributed by atoms with Gasteiger partial charge in [0, 0.05) is 30.8 Å². The van der Waals surface area contributed by atoms with Crippen LogP contribution in [0.15, 0.2) is 42.5 Å². The quantitative estimate of drug-likeness (QED) is 0.629. The summed E-state index contributed by atoms with van der Waals surface area (Å²) in [5, 5.41) is 14.3. The molecule has 1 fully saturated rings. The monoisotopic (exact) mass is 393 g/mol. The average Bonchev–Trinajstić information content (AvgIpc) is 3.00. The van der Waals surface area contributed by atoms with Gasteiger partial charge >= 0.3 is 0 Å². The molecule has 134 valence electrons. The summed E-state index contributed by atoms with van der Waals surface area (Å²) in [6.45, 7) is 0.146. The van der Waals surface area contributed by atoms with Gasteiger partial charge in [-0.15, -0.1) is 0 Å². The van der Waals surface area contributed by atoms with Crippen LogP contribution >= 0.6 is 23.2 Å². The molecule has 9 heteroatoms. The topological polar surface area (TPSA) is 92.6 Å². The normalized spacial score (nSPS) is 16.6. The van der Waals surface area contributed by atoms with Crippen LogP contribution in [-0.2, 0) is 9.59 Å². The number of nitro benzene ring substituents is 1. The molecule has 7 nitrogen and oxygen atoms in total. The summed E-state index contributed by atoms with van der Waals surface area (Å²) in [7, 11) is 0. The molecule has 1 saturated heterocycles. The van der Waals surface area contributed by atoms with Gasteiger partial charge in [0.2, 0.25) is 11.8 Å². The van der Waals surface area contributed by atoms with Crippen molar-refractivity contribution >= 4 is 52.1 Å². The minimum atomic E-state index is -0.573. The zero-order valence-corrected chi connectivity index (χ0v) is 14.8. The van der Waals surface area contributed by atoms with E-state index >= 15 is 0 Å². The number of amides is 2. The minimum Gasteiger partial charge on any atom is -0.326 e. The van der Waals surface area contributed by atoms with E-state index in [1.807, 2.05) is 0 Å². The number of nitrogens with zero attached hydrogens (tertiary/aromatic N) is 2. The number of anilines is 2. The number of non-ortho nitro benzene ring substituents is 1. The van der Waals surface area contributed by atoms with Crippen molar-refractivity contribution in [1.82, 2.24) is 0 Å². The van der Waals surface area contributed by atoms with E-state index in [1.54, 1.807) is 18.2 Å². The summed E-state index contributed by atoms with van der Waals surface area (Å²) in [4.78, 5) is 36.4. The molecule has 1 unspecified atom stereocenters. The number of halogens is 2. The molecule has 0 aromatic heterocycles. The van der Waals surface area contributed by atoms with E-state index in [4.69, 9.17) is 23.2 Å². The van der Waals surface area contributed by atoms with Crippen molar-refractivity contribution < 1.29 is 14.5 Å². The third-order valence-corrected chi connectivity index (χ3v) is 4.77. The van der Waals surface area contributed by atoms with Crippen LogP contribution in [0.4, 0.5) is 17.1 Å². The van der Waals surface area contributed by atoms with Crippen molar-refractivity contribution in [2.24, 2.45) is 5.92 Å². The van der Waals surface area contributed by atoms with E-state index in [2.05, 4.69) is 5.32 Å². The number of carbonyl (C=O) groups excluding carboxylic acids is 2. The van der Waals surface area contributed by atoms with Gasteiger partial charge in [-0.05, 0) is 24.3 Å². The fourth-order valence-electron chi connectivity index (χ4n) is 2.73. The zero-order valence-electron chi connectivity index (χ0n) is 13.3. The van der Waals surface area contributed by atoms with E-state index in [-0.39, 0.29) is 30.5 Å². The maximum Gasteiger partial charge on any atom is 0.271 e. The van der Waals surface area contributed by atoms with Gasteiger partial charge in [-0.25, -0.2) is 0 Å². The van der Waals surface area contributed by atoms with Crippen LogP contribution < -0.4 is 10.2 Å². The SMILES string of the molecule is O=C(Nc1ccc(Cl)c(Cl)c1)C1CC(=O)N(c2cccc([N+](=O)[O-])c2)C1. The van der Waals surface area contributed by atoms with Crippen LogP contribution in [0.2, 0.25) is 10.0 Å². The smallest absolute Gasteiger partial charge is 0.271 e. The summed E-state index contributed by atoms with van der Waals surface area (Å²) in [5.41, 5.74) is 0.763. The lowest BCUT2D eigenvalue weighted by molar-refractivity contribution is -0.384. The van der Waals surface area contributed by atoms with Crippen molar-refractivity contribution in [3.63, 3.8) is 0 Å². The summed E-state index contributed by atoms with van der Waals surface area (Å²) in [6, 6.07) is 10.5. The Hall–Kier alpha value is -2.64. The van der Waals surface area contributed by atoms with Crippen LogP contribution in [0.25, 0.3) is 0 Å². The molecular weight excluding hydrogens is 381 g/mol. The molecule has 2 aromatic rings. The molecule has 0 saturated carbocycles. The van der Waals surface area contributed by atoms with Crippen molar-refractivity contribution in [3.05, 3.63) is 62.6 Å². The van der Waals surface area contributed by atoms with Crippen molar-refractivity contribution in [2.75, 3.05) is 16.8 Å². The number of rotatable bonds is 4. The fourth-order valence-corrected chi connectivity index (χ4v) is 3.02. The Balaban J connectivity index is 1.72. The maximum atomic E-state index is 12.4. The Morgan fingerprint density at radius 1 is 1.19 bits per heavy atom.